The molecule has 0 bridgehead atoms. The zero-order valence-electron chi connectivity index (χ0n) is 15.0. The van der Waals surface area contributed by atoms with E-state index in [1.807, 2.05) is 6.20 Å². The molecular formula is C22H26N2O. The van der Waals surface area contributed by atoms with Crippen molar-refractivity contribution in [2.75, 3.05) is 6.54 Å². The molecule has 1 aliphatic rings. The second-order valence-corrected chi connectivity index (χ2v) is 7.33. The summed E-state index contributed by atoms with van der Waals surface area (Å²) < 4.78 is 0. The van der Waals surface area contributed by atoms with Crippen molar-refractivity contribution in [1.29, 1.82) is 0 Å². The van der Waals surface area contributed by atoms with Crippen molar-refractivity contribution in [2.24, 2.45) is 0 Å². The van der Waals surface area contributed by atoms with E-state index >= 15 is 0 Å². The Balaban J connectivity index is 1.70. The van der Waals surface area contributed by atoms with E-state index in [0.717, 1.165) is 25.9 Å². The predicted molar refractivity (Wildman–Crippen MR) is 103 cm³/mol. The molecule has 0 radical (unpaired) electrons. The molecule has 2 heterocycles. The lowest BCUT2D eigenvalue weighted by atomic mass is 9.91. The molecule has 3 nitrogen and oxygen atoms in total. The molecule has 1 aromatic heterocycles. The molecule has 2 aromatic carbocycles. The first-order valence-electron chi connectivity index (χ1n) is 9.16. The summed E-state index contributed by atoms with van der Waals surface area (Å²) in [6.07, 6.45) is 3.50. The molecular weight excluding hydrogens is 308 g/mol. The SMILES string of the molecule is Cc1cc(C)c2[nH]ccc2c1CN1CC[C@@H](O)C[C@H]1c1ccccc1. The Morgan fingerprint density at radius 3 is 2.72 bits per heavy atom. The van der Waals surface area contributed by atoms with Crippen LogP contribution in [0.15, 0.2) is 48.7 Å². The fraction of sp³-hybridized carbons (Fsp3) is 0.364. The first-order chi connectivity index (χ1) is 12.1. The molecule has 0 saturated carbocycles. The highest BCUT2D eigenvalue weighted by molar-refractivity contribution is 5.86. The summed E-state index contributed by atoms with van der Waals surface area (Å²) in [6, 6.07) is 15.4. The van der Waals surface area contributed by atoms with Gasteiger partial charge < -0.3 is 10.1 Å². The van der Waals surface area contributed by atoms with Crippen molar-refractivity contribution in [3.63, 3.8) is 0 Å². The predicted octanol–water partition coefficient (Wildman–Crippen LogP) is 4.48. The molecule has 2 N–H and O–H groups in total. The number of fused-ring (bicyclic) bond motifs is 1. The van der Waals surface area contributed by atoms with Gasteiger partial charge in [0.2, 0.25) is 0 Å². The number of benzene rings is 2. The first-order valence-corrected chi connectivity index (χ1v) is 9.16. The quantitative estimate of drug-likeness (QED) is 0.741. The van der Waals surface area contributed by atoms with Gasteiger partial charge in [-0.05, 0) is 55.0 Å². The Bertz CT molecular complexity index is 868. The maximum absolute atomic E-state index is 10.2. The smallest absolute Gasteiger partial charge is 0.0570 e. The van der Waals surface area contributed by atoms with Gasteiger partial charge in [-0.15, -0.1) is 0 Å². The van der Waals surface area contributed by atoms with E-state index in [0.29, 0.717) is 0 Å². The number of aliphatic hydroxyl groups excluding tert-OH is 1. The summed E-state index contributed by atoms with van der Waals surface area (Å²) in [4.78, 5) is 5.92. The number of piperidine rings is 1. The summed E-state index contributed by atoms with van der Waals surface area (Å²) in [5.74, 6) is 0. The Morgan fingerprint density at radius 2 is 1.92 bits per heavy atom. The van der Waals surface area contributed by atoms with Crippen LogP contribution in [0.1, 0.15) is 41.1 Å². The fourth-order valence-corrected chi connectivity index (χ4v) is 4.26. The van der Waals surface area contributed by atoms with E-state index in [4.69, 9.17) is 0 Å². The second-order valence-electron chi connectivity index (χ2n) is 7.33. The first kappa shape index (κ1) is 16.4. The Morgan fingerprint density at radius 1 is 1.12 bits per heavy atom. The van der Waals surface area contributed by atoms with Crippen LogP contribution in [-0.4, -0.2) is 27.6 Å². The van der Waals surface area contributed by atoms with Crippen molar-refractivity contribution in [3.05, 3.63) is 70.9 Å². The van der Waals surface area contributed by atoms with Crippen LogP contribution in [0, 0.1) is 13.8 Å². The van der Waals surface area contributed by atoms with Gasteiger partial charge in [-0.3, -0.25) is 4.90 Å². The summed E-state index contributed by atoms with van der Waals surface area (Å²) in [5, 5.41) is 11.6. The largest absolute Gasteiger partial charge is 0.393 e. The van der Waals surface area contributed by atoms with Crippen molar-refractivity contribution in [3.8, 4) is 0 Å². The molecule has 25 heavy (non-hydrogen) atoms. The van der Waals surface area contributed by atoms with E-state index in [-0.39, 0.29) is 12.1 Å². The normalized spacial score (nSPS) is 21.7. The number of nitrogens with one attached hydrogen (secondary N) is 1. The number of rotatable bonds is 3. The van der Waals surface area contributed by atoms with Crippen LogP contribution in [0.3, 0.4) is 0 Å². The van der Waals surface area contributed by atoms with E-state index in [2.05, 4.69) is 66.2 Å². The van der Waals surface area contributed by atoms with E-state index in [1.165, 1.54) is 33.2 Å². The molecule has 0 spiro atoms. The molecule has 1 saturated heterocycles. The van der Waals surface area contributed by atoms with E-state index in [1.54, 1.807) is 0 Å². The van der Waals surface area contributed by atoms with Crippen LogP contribution in [-0.2, 0) is 6.54 Å². The van der Waals surface area contributed by atoms with Gasteiger partial charge in [0, 0.05) is 36.2 Å². The van der Waals surface area contributed by atoms with Crippen LogP contribution in [0.5, 0.6) is 0 Å². The third kappa shape index (κ3) is 3.10. The number of likely N-dealkylation sites (tertiary alicyclic amines) is 1. The van der Waals surface area contributed by atoms with Gasteiger partial charge in [0.25, 0.3) is 0 Å². The molecule has 3 aromatic rings. The molecule has 130 valence electrons. The lowest BCUT2D eigenvalue weighted by Crippen LogP contribution is -2.38. The number of hydrogen-bond donors (Lipinski definition) is 2. The van der Waals surface area contributed by atoms with Gasteiger partial charge in [0.15, 0.2) is 0 Å². The third-order valence-electron chi connectivity index (χ3n) is 5.61. The fourth-order valence-electron chi connectivity index (χ4n) is 4.26. The van der Waals surface area contributed by atoms with Crippen molar-refractivity contribution in [2.45, 2.75) is 45.4 Å². The van der Waals surface area contributed by atoms with Gasteiger partial charge in [0.1, 0.15) is 0 Å². The molecule has 3 heteroatoms. The molecule has 2 atom stereocenters. The lowest BCUT2D eigenvalue weighted by Gasteiger charge is -2.38. The molecule has 0 amide bonds. The monoisotopic (exact) mass is 334 g/mol. The number of nitrogens with zero attached hydrogens (tertiary/aromatic N) is 1. The molecule has 0 aliphatic carbocycles. The minimum Gasteiger partial charge on any atom is -0.393 e. The molecule has 0 unspecified atom stereocenters. The minimum atomic E-state index is -0.201. The van der Waals surface area contributed by atoms with Gasteiger partial charge in [-0.25, -0.2) is 0 Å². The van der Waals surface area contributed by atoms with Crippen LogP contribution in [0.2, 0.25) is 0 Å². The van der Waals surface area contributed by atoms with Crippen molar-refractivity contribution < 1.29 is 5.11 Å². The van der Waals surface area contributed by atoms with Crippen LogP contribution in [0.4, 0.5) is 0 Å². The molecule has 1 fully saturated rings. The average Bonchev–Trinajstić information content (AvgIpc) is 3.10. The van der Waals surface area contributed by atoms with Gasteiger partial charge >= 0.3 is 0 Å². The minimum absolute atomic E-state index is 0.201. The summed E-state index contributed by atoms with van der Waals surface area (Å²) in [7, 11) is 0. The summed E-state index contributed by atoms with van der Waals surface area (Å²) >= 11 is 0. The number of H-pyrrole nitrogens is 1. The van der Waals surface area contributed by atoms with E-state index in [9.17, 15) is 5.11 Å². The van der Waals surface area contributed by atoms with E-state index < -0.39 is 0 Å². The zero-order chi connectivity index (χ0) is 17.4. The Kier molecular flexibility index (Phi) is 4.36. The average molecular weight is 334 g/mol. The summed E-state index contributed by atoms with van der Waals surface area (Å²) in [6.45, 7) is 6.23. The second kappa shape index (κ2) is 6.66. The third-order valence-corrected chi connectivity index (χ3v) is 5.61. The number of aromatic nitrogens is 1. The maximum atomic E-state index is 10.2. The highest BCUT2D eigenvalue weighted by atomic mass is 16.3. The lowest BCUT2D eigenvalue weighted by molar-refractivity contribution is 0.0365. The number of hydrogen-bond acceptors (Lipinski definition) is 2. The van der Waals surface area contributed by atoms with Gasteiger partial charge in [-0.2, -0.15) is 0 Å². The van der Waals surface area contributed by atoms with Crippen molar-refractivity contribution in [1.82, 2.24) is 9.88 Å². The Labute approximate surface area is 149 Å². The Hall–Kier alpha value is -2.10. The maximum Gasteiger partial charge on any atom is 0.0570 e. The number of aliphatic hydroxyl groups is 1. The van der Waals surface area contributed by atoms with Gasteiger partial charge in [0.05, 0.1) is 6.10 Å². The highest BCUT2D eigenvalue weighted by Crippen LogP contribution is 2.34. The summed E-state index contributed by atoms with van der Waals surface area (Å²) in [5.41, 5.74) is 6.60. The topological polar surface area (TPSA) is 39.3 Å². The molecule has 1 aliphatic heterocycles. The highest BCUT2D eigenvalue weighted by Gasteiger charge is 2.29. The van der Waals surface area contributed by atoms with Crippen LogP contribution in [0.25, 0.3) is 10.9 Å². The van der Waals surface area contributed by atoms with Gasteiger partial charge in [-0.1, -0.05) is 36.4 Å². The number of aryl methyl sites for hydroxylation is 2. The van der Waals surface area contributed by atoms with Crippen molar-refractivity contribution >= 4 is 10.9 Å². The molecule has 4 rings (SSSR count). The van der Waals surface area contributed by atoms with Crippen LogP contribution < -0.4 is 0 Å². The number of aromatic amines is 1. The van der Waals surface area contributed by atoms with Crippen LogP contribution >= 0.6 is 0 Å². The standard InChI is InChI=1S/C22H26N2O/c1-15-12-16(2)22-19(8-10-23-22)20(15)14-24-11-9-18(25)13-21(24)17-6-4-3-5-7-17/h3-8,10,12,18,21,23,25H,9,11,13-14H2,1-2H3/t18-,21+/m1/s1. The zero-order valence-corrected chi connectivity index (χ0v) is 15.0.